The normalized spacial score (nSPS) is 10.2. The van der Waals surface area contributed by atoms with Crippen LogP contribution in [0.4, 0.5) is 4.39 Å². The van der Waals surface area contributed by atoms with Gasteiger partial charge in [0.05, 0.1) is 0 Å². The summed E-state index contributed by atoms with van der Waals surface area (Å²) in [6.07, 6.45) is 1.33. The Morgan fingerprint density at radius 2 is 1.58 bits per heavy atom. The highest BCUT2D eigenvalue weighted by molar-refractivity contribution is 6.48. The molecule has 0 unspecified atom stereocenters. The van der Waals surface area contributed by atoms with E-state index < -0.39 is 17.4 Å². The number of ether oxygens (including phenoxy) is 1. The quantitative estimate of drug-likeness (QED) is 0.531. The number of para-hydroxylation sites is 1. The zero-order valence-electron chi connectivity index (χ0n) is 12.3. The molecular weight excluding hydrogens is 311 g/mol. The van der Waals surface area contributed by atoms with Crippen LogP contribution in [0.2, 0.25) is 0 Å². The summed E-state index contributed by atoms with van der Waals surface area (Å²) in [5, 5.41) is 0. The number of Topliss-reactive ketones (excluding diaryl/α,β-unsaturated/α-hetero) is 2. The van der Waals surface area contributed by atoms with Crippen molar-refractivity contribution in [3.63, 3.8) is 0 Å². The Hall–Kier alpha value is -3.41. The fourth-order valence-corrected chi connectivity index (χ4v) is 1.96. The first kappa shape index (κ1) is 15.5. The van der Waals surface area contributed by atoms with Crippen LogP contribution in [0, 0.1) is 5.82 Å². The van der Waals surface area contributed by atoms with E-state index in [1.165, 1.54) is 24.4 Å². The number of halogens is 1. The van der Waals surface area contributed by atoms with E-state index >= 15 is 0 Å². The number of hydrogen-bond donors (Lipinski definition) is 0. The summed E-state index contributed by atoms with van der Waals surface area (Å²) in [6.45, 7) is 0. The number of nitrogens with zero attached hydrogens (tertiary/aromatic N) is 2. The van der Waals surface area contributed by atoms with E-state index in [0.717, 1.165) is 12.1 Å². The Morgan fingerprint density at radius 1 is 0.875 bits per heavy atom. The minimum absolute atomic E-state index is 0.0426. The van der Waals surface area contributed by atoms with Crippen molar-refractivity contribution in [3.8, 4) is 11.8 Å². The maximum Gasteiger partial charge on any atom is 0.322 e. The number of ketones is 2. The van der Waals surface area contributed by atoms with Gasteiger partial charge in [0, 0.05) is 11.8 Å². The van der Waals surface area contributed by atoms with Crippen molar-refractivity contribution in [2.45, 2.75) is 0 Å². The highest BCUT2D eigenvalue weighted by atomic mass is 19.1. The van der Waals surface area contributed by atoms with Gasteiger partial charge >= 0.3 is 6.01 Å². The van der Waals surface area contributed by atoms with Gasteiger partial charge in [-0.05, 0) is 42.5 Å². The lowest BCUT2D eigenvalue weighted by Gasteiger charge is -2.05. The van der Waals surface area contributed by atoms with E-state index in [4.69, 9.17) is 4.74 Å². The van der Waals surface area contributed by atoms with Crippen LogP contribution in [0.3, 0.4) is 0 Å². The Balaban J connectivity index is 1.81. The fraction of sp³-hybridized carbons (Fsp3) is 0. The fourth-order valence-electron chi connectivity index (χ4n) is 1.96. The molecule has 0 fully saturated rings. The molecular formula is C18H11FN2O3. The van der Waals surface area contributed by atoms with Crippen LogP contribution in [0.1, 0.15) is 20.8 Å². The van der Waals surface area contributed by atoms with Crippen LogP contribution in [0.15, 0.2) is 66.9 Å². The molecule has 1 heterocycles. The summed E-state index contributed by atoms with van der Waals surface area (Å²) >= 11 is 0. The average Bonchev–Trinajstić information content (AvgIpc) is 2.62. The van der Waals surface area contributed by atoms with E-state index in [1.807, 2.05) is 6.07 Å². The van der Waals surface area contributed by atoms with Gasteiger partial charge in [-0.2, -0.15) is 4.98 Å². The van der Waals surface area contributed by atoms with Gasteiger partial charge in [-0.3, -0.25) is 9.59 Å². The first-order valence-electron chi connectivity index (χ1n) is 7.04. The van der Waals surface area contributed by atoms with Gasteiger partial charge in [0.1, 0.15) is 17.3 Å². The van der Waals surface area contributed by atoms with Gasteiger partial charge in [0.2, 0.25) is 5.78 Å². The third-order valence-electron chi connectivity index (χ3n) is 3.13. The summed E-state index contributed by atoms with van der Waals surface area (Å²) in [5.74, 6) is -1.58. The Bertz CT molecular complexity index is 880. The van der Waals surface area contributed by atoms with E-state index in [1.54, 1.807) is 24.3 Å². The van der Waals surface area contributed by atoms with Crippen molar-refractivity contribution in [1.82, 2.24) is 9.97 Å². The standard InChI is InChI=1S/C18H11FN2O3/c19-13-8-6-12(7-9-13)16(22)17(23)15-10-11-20-18(21-15)24-14-4-2-1-3-5-14/h1-11H. The zero-order valence-corrected chi connectivity index (χ0v) is 12.3. The summed E-state index contributed by atoms with van der Waals surface area (Å²) in [4.78, 5) is 32.3. The predicted molar refractivity (Wildman–Crippen MR) is 83.6 cm³/mol. The van der Waals surface area contributed by atoms with Crippen LogP contribution < -0.4 is 4.74 Å². The van der Waals surface area contributed by atoms with Gasteiger partial charge < -0.3 is 4.74 Å². The third-order valence-corrected chi connectivity index (χ3v) is 3.13. The van der Waals surface area contributed by atoms with Crippen LogP contribution in [0.5, 0.6) is 11.8 Å². The lowest BCUT2D eigenvalue weighted by Crippen LogP contribution is -2.16. The number of hydrogen-bond acceptors (Lipinski definition) is 5. The molecule has 6 heteroatoms. The van der Waals surface area contributed by atoms with Crippen LogP contribution in [-0.2, 0) is 0 Å². The molecule has 0 saturated heterocycles. The van der Waals surface area contributed by atoms with Gasteiger partial charge in [0.15, 0.2) is 0 Å². The maximum absolute atomic E-state index is 12.9. The Kier molecular flexibility index (Phi) is 4.38. The van der Waals surface area contributed by atoms with Crippen molar-refractivity contribution in [1.29, 1.82) is 0 Å². The van der Waals surface area contributed by atoms with Crippen molar-refractivity contribution < 1.29 is 18.7 Å². The highest BCUT2D eigenvalue weighted by Gasteiger charge is 2.20. The summed E-state index contributed by atoms with van der Waals surface area (Å²) in [7, 11) is 0. The molecule has 5 nitrogen and oxygen atoms in total. The molecule has 24 heavy (non-hydrogen) atoms. The van der Waals surface area contributed by atoms with Crippen LogP contribution in [-0.4, -0.2) is 21.5 Å². The molecule has 3 rings (SSSR count). The Labute approximate surface area is 136 Å². The number of rotatable bonds is 5. The van der Waals surface area contributed by atoms with Crippen molar-refractivity contribution in [2.24, 2.45) is 0 Å². The smallest absolute Gasteiger partial charge is 0.322 e. The number of benzene rings is 2. The van der Waals surface area contributed by atoms with Crippen LogP contribution >= 0.6 is 0 Å². The minimum atomic E-state index is -0.818. The summed E-state index contributed by atoms with van der Waals surface area (Å²) < 4.78 is 18.3. The Morgan fingerprint density at radius 3 is 2.29 bits per heavy atom. The molecule has 2 aromatic carbocycles. The number of carbonyl (C=O) groups excluding carboxylic acids is 2. The number of carbonyl (C=O) groups is 2. The minimum Gasteiger partial charge on any atom is -0.424 e. The molecule has 0 aliphatic rings. The van der Waals surface area contributed by atoms with Crippen molar-refractivity contribution in [2.75, 3.05) is 0 Å². The maximum atomic E-state index is 12.9. The molecule has 0 atom stereocenters. The van der Waals surface area contributed by atoms with E-state index in [9.17, 15) is 14.0 Å². The molecule has 0 aliphatic carbocycles. The average molecular weight is 322 g/mol. The highest BCUT2D eigenvalue weighted by Crippen LogP contribution is 2.17. The first-order chi connectivity index (χ1) is 11.6. The SMILES string of the molecule is O=C(C(=O)c1ccnc(Oc2ccccc2)n1)c1ccc(F)cc1. The molecule has 0 aliphatic heterocycles. The lowest BCUT2D eigenvalue weighted by molar-refractivity contribution is 0.0813. The topological polar surface area (TPSA) is 69.2 Å². The summed E-state index contributed by atoms with van der Waals surface area (Å²) in [6, 6.07) is 14.8. The molecule has 0 bridgehead atoms. The molecule has 1 aromatic heterocycles. The molecule has 3 aromatic rings. The first-order valence-corrected chi connectivity index (χ1v) is 7.04. The van der Waals surface area contributed by atoms with Gasteiger partial charge in [-0.15, -0.1) is 0 Å². The predicted octanol–water partition coefficient (Wildman–Crippen LogP) is 3.47. The van der Waals surface area contributed by atoms with Gasteiger partial charge in [-0.25, -0.2) is 9.37 Å². The van der Waals surface area contributed by atoms with E-state index in [0.29, 0.717) is 5.75 Å². The van der Waals surface area contributed by atoms with Crippen molar-refractivity contribution >= 4 is 11.6 Å². The largest absolute Gasteiger partial charge is 0.424 e. The van der Waals surface area contributed by atoms with Crippen LogP contribution in [0.25, 0.3) is 0 Å². The second kappa shape index (κ2) is 6.78. The molecule has 0 radical (unpaired) electrons. The zero-order chi connectivity index (χ0) is 16.9. The molecule has 0 spiro atoms. The monoisotopic (exact) mass is 322 g/mol. The van der Waals surface area contributed by atoms with Gasteiger partial charge in [-0.1, -0.05) is 18.2 Å². The second-order valence-electron chi connectivity index (χ2n) is 4.80. The van der Waals surface area contributed by atoms with Gasteiger partial charge in [0.25, 0.3) is 5.78 Å². The summed E-state index contributed by atoms with van der Waals surface area (Å²) in [5.41, 5.74) is -0.00389. The van der Waals surface area contributed by atoms with E-state index in [2.05, 4.69) is 9.97 Å². The molecule has 0 saturated carbocycles. The van der Waals surface area contributed by atoms with Crippen molar-refractivity contribution in [3.05, 3.63) is 83.9 Å². The lowest BCUT2D eigenvalue weighted by atomic mass is 10.1. The second-order valence-corrected chi connectivity index (χ2v) is 4.80. The molecule has 0 N–H and O–H groups in total. The number of aromatic nitrogens is 2. The molecule has 118 valence electrons. The molecule has 0 amide bonds. The van der Waals surface area contributed by atoms with E-state index in [-0.39, 0.29) is 17.3 Å². The third kappa shape index (κ3) is 3.49.